The first-order valence-electron chi connectivity index (χ1n) is 7.22. The van der Waals surface area contributed by atoms with Crippen LogP contribution < -0.4 is 26.6 Å². The van der Waals surface area contributed by atoms with E-state index in [0.29, 0.717) is 35.3 Å². The third-order valence-corrected chi connectivity index (χ3v) is 3.08. The lowest BCUT2D eigenvalue weighted by atomic mass is 10.3. The summed E-state index contributed by atoms with van der Waals surface area (Å²) in [5, 5.41) is 8.79. The SMILES string of the molecule is CCOc1cc([N+]#N)c(OCC)cc1S.COc1ccccc1.[Cl-]. The zero-order valence-electron chi connectivity index (χ0n) is 13.9. The molecule has 0 fully saturated rings. The van der Waals surface area contributed by atoms with Gasteiger partial charge in [-0.2, -0.15) is 0 Å². The van der Waals surface area contributed by atoms with Crippen LogP contribution in [0.4, 0.5) is 5.69 Å². The van der Waals surface area contributed by atoms with E-state index in [-0.39, 0.29) is 12.4 Å². The maximum atomic E-state index is 8.79. The summed E-state index contributed by atoms with van der Waals surface area (Å²) in [4.78, 5) is 3.79. The van der Waals surface area contributed by atoms with Gasteiger partial charge in [-0.3, -0.25) is 0 Å². The molecule has 0 aliphatic rings. The van der Waals surface area contributed by atoms with Crippen LogP contribution in [0.15, 0.2) is 47.4 Å². The second-order valence-electron chi connectivity index (χ2n) is 4.27. The molecule has 7 heteroatoms. The number of halogens is 1. The molecule has 0 aliphatic heterocycles. The molecule has 0 heterocycles. The third kappa shape index (κ3) is 6.99. The smallest absolute Gasteiger partial charge is 0.430 e. The average molecular weight is 369 g/mol. The van der Waals surface area contributed by atoms with Crippen molar-refractivity contribution in [2.75, 3.05) is 20.3 Å². The van der Waals surface area contributed by atoms with Gasteiger partial charge in [-0.05, 0) is 26.0 Å². The van der Waals surface area contributed by atoms with E-state index in [1.165, 1.54) is 0 Å². The van der Waals surface area contributed by atoms with Gasteiger partial charge in [0.05, 0.1) is 31.3 Å². The highest BCUT2D eigenvalue weighted by Crippen LogP contribution is 2.36. The molecule has 0 N–H and O–H groups in total. The monoisotopic (exact) mass is 368 g/mol. The number of benzene rings is 2. The summed E-state index contributed by atoms with van der Waals surface area (Å²) in [6, 6.07) is 12.9. The fraction of sp³-hybridized carbons (Fsp3) is 0.294. The van der Waals surface area contributed by atoms with Crippen LogP contribution in [0.3, 0.4) is 0 Å². The van der Waals surface area contributed by atoms with Crippen molar-refractivity contribution in [1.29, 1.82) is 5.39 Å². The molecule has 5 nitrogen and oxygen atoms in total. The van der Waals surface area contributed by atoms with E-state index >= 15 is 0 Å². The first kappa shape index (κ1) is 21.9. The van der Waals surface area contributed by atoms with Crippen LogP contribution in [0.25, 0.3) is 4.98 Å². The molecular weight excluding hydrogens is 348 g/mol. The molecule has 2 aromatic carbocycles. The molecule has 130 valence electrons. The number of rotatable bonds is 5. The molecule has 0 radical (unpaired) electrons. The summed E-state index contributed by atoms with van der Waals surface area (Å²) >= 11 is 4.25. The minimum absolute atomic E-state index is 0. The Bertz CT molecular complexity index is 648. The lowest BCUT2D eigenvalue weighted by Crippen LogP contribution is -3.00. The summed E-state index contributed by atoms with van der Waals surface area (Å²) in [6.07, 6.45) is 0. The van der Waals surface area contributed by atoms with E-state index in [2.05, 4.69) is 17.6 Å². The maximum Gasteiger partial charge on any atom is 0.430 e. The highest BCUT2D eigenvalue weighted by molar-refractivity contribution is 7.80. The molecule has 0 spiro atoms. The summed E-state index contributed by atoms with van der Waals surface area (Å²) in [6.45, 7) is 4.77. The minimum Gasteiger partial charge on any atom is -1.00 e. The number of hydrogen-bond donors (Lipinski definition) is 1. The lowest BCUT2D eigenvalue weighted by molar-refractivity contribution is -0.00000631. The average Bonchev–Trinajstić information content (AvgIpc) is 2.59. The number of diazo groups is 1. The van der Waals surface area contributed by atoms with Crippen LogP contribution in [-0.4, -0.2) is 20.3 Å². The van der Waals surface area contributed by atoms with Crippen LogP contribution in [0.2, 0.25) is 0 Å². The van der Waals surface area contributed by atoms with Crippen molar-refractivity contribution in [3.63, 3.8) is 0 Å². The topological polar surface area (TPSA) is 55.8 Å². The van der Waals surface area contributed by atoms with E-state index in [1.807, 2.05) is 44.2 Å². The third-order valence-electron chi connectivity index (χ3n) is 2.73. The normalized spacial score (nSPS) is 8.79. The van der Waals surface area contributed by atoms with Crippen molar-refractivity contribution in [1.82, 2.24) is 0 Å². The Labute approximate surface area is 154 Å². The van der Waals surface area contributed by atoms with Crippen molar-refractivity contribution >= 4 is 18.3 Å². The number of thiol groups is 1. The van der Waals surface area contributed by atoms with Gasteiger partial charge in [0.2, 0.25) is 11.1 Å². The first-order valence-corrected chi connectivity index (χ1v) is 7.67. The molecule has 0 unspecified atom stereocenters. The molecule has 0 saturated carbocycles. The first-order chi connectivity index (χ1) is 11.2. The Morgan fingerprint density at radius 2 is 1.58 bits per heavy atom. The second-order valence-corrected chi connectivity index (χ2v) is 4.75. The molecule has 2 rings (SSSR count). The largest absolute Gasteiger partial charge is 1.00 e. The Kier molecular flexibility index (Phi) is 11.3. The van der Waals surface area contributed by atoms with Crippen LogP contribution in [-0.2, 0) is 0 Å². The molecule has 0 amide bonds. The summed E-state index contributed by atoms with van der Waals surface area (Å²) in [5.41, 5.74) is 0.345. The maximum absolute atomic E-state index is 8.79. The molecule has 2 aromatic rings. The van der Waals surface area contributed by atoms with E-state index in [0.717, 1.165) is 5.75 Å². The van der Waals surface area contributed by atoms with Gasteiger partial charge in [0.15, 0.2) is 4.98 Å². The predicted octanol–water partition coefficient (Wildman–Crippen LogP) is 1.96. The van der Waals surface area contributed by atoms with Crippen molar-refractivity contribution in [2.24, 2.45) is 0 Å². The van der Waals surface area contributed by atoms with Crippen molar-refractivity contribution in [3.05, 3.63) is 47.4 Å². The quantitative estimate of drug-likeness (QED) is 0.647. The molecule has 0 atom stereocenters. The van der Waals surface area contributed by atoms with E-state index in [1.54, 1.807) is 19.2 Å². The van der Waals surface area contributed by atoms with Crippen LogP contribution >= 0.6 is 12.6 Å². The Balaban J connectivity index is 0.000000498. The van der Waals surface area contributed by atoms with Gasteiger partial charge in [-0.1, -0.05) is 18.2 Å². The molecule has 0 saturated heterocycles. The van der Waals surface area contributed by atoms with E-state index in [9.17, 15) is 0 Å². The van der Waals surface area contributed by atoms with Crippen molar-refractivity contribution in [3.8, 4) is 17.2 Å². The van der Waals surface area contributed by atoms with Crippen molar-refractivity contribution in [2.45, 2.75) is 18.7 Å². The molecular formula is C17H21ClN2O3S. The zero-order chi connectivity index (χ0) is 17.1. The number of nitrogens with zero attached hydrogens (tertiary/aromatic N) is 2. The fourth-order valence-corrected chi connectivity index (χ4v) is 1.96. The summed E-state index contributed by atoms with van der Waals surface area (Å²) < 4.78 is 15.5. The zero-order valence-corrected chi connectivity index (χ0v) is 15.6. The van der Waals surface area contributed by atoms with Gasteiger partial charge in [-0.15, -0.1) is 12.6 Å². The van der Waals surface area contributed by atoms with Crippen LogP contribution in [0.1, 0.15) is 13.8 Å². The second kappa shape index (κ2) is 12.3. The van der Waals surface area contributed by atoms with E-state index in [4.69, 9.17) is 19.6 Å². The fourth-order valence-electron chi connectivity index (χ4n) is 1.72. The van der Waals surface area contributed by atoms with Gasteiger partial charge in [0, 0.05) is 6.07 Å². The van der Waals surface area contributed by atoms with Gasteiger partial charge in [0.25, 0.3) is 0 Å². The molecule has 0 aromatic heterocycles. The standard InChI is InChI=1S/C10H12N2O2S.C7H8O.ClH/c1-3-13-8-6-10(15)9(14-4-2)5-7(8)12-11;1-8-7-5-3-2-4-6-7;/h5-6H,3-4H2,1-2H3;2-6H,1H3;1H. The predicted molar refractivity (Wildman–Crippen MR) is 93.8 cm³/mol. The number of hydrogen-bond acceptors (Lipinski definition) is 5. The number of methoxy groups -OCH3 is 1. The van der Waals surface area contributed by atoms with Gasteiger partial charge >= 0.3 is 5.69 Å². The highest BCUT2D eigenvalue weighted by atomic mass is 35.5. The Morgan fingerprint density at radius 3 is 2.04 bits per heavy atom. The Morgan fingerprint density at radius 1 is 1.00 bits per heavy atom. The van der Waals surface area contributed by atoms with E-state index < -0.39 is 0 Å². The minimum atomic E-state index is 0. The Hall–Kier alpha value is -2.10. The summed E-state index contributed by atoms with van der Waals surface area (Å²) in [5.74, 6) is 1.98. The number of ether oxygens (including phenoxy) is 3. The van der Waals surface area contributed by atoms with Gasteiger partial charge in [-0.25, -0.2) is 0 Å². The molecule has 0 aliphatic carbocycles. The van der Waals surface area contributed by atoms with Gasteiger partial charge < -0.3 is 26.6 Å². The van der Waals surface area contributed by atoms with Crippen LogP contribution in [0.5, 0.6) is 17.2 Å². The van der Waals surface area contributed by atoms with Crippen LogP contribution in [0, 0.1) is 5.39 Å². The van der Waals surface area contributed by atoms with Crippen molar-refractivity contribution < 1.29 is 26.6 Å². The number of para-hydroxylation sites is 1. The molecule has 24 heavy (non-hydrogen) atoms. The van der Waals surface area contributed by atoms with Gasteiger partial charge in [0.1, 0.15) is 11.5 Å². The highest BCUT2D eigenvalue weighted by Gasteiger charge is 2.19. The summed E-state index contributed by atoms with van der Waals surface area (Å²) in [7, 11) is 1.66. The lowest BCUT2D eigenvalue weighted by Gasteiger charge is -2.06. The molecule has 0 bridgehead atoms.